The van der Waals surface area contributed by atoms with Crippen LogP contribution in [0.2, 0.25) is 0 Å². The molecule has 72 valence electrons. The minimum atomic E-state index is -0.932. The van der Waals surface area contributed by atoms with Crippen LogP contribution in [0.4, 0.5) is 4.39 Å². The molecule has 2 nitrogen and oxygen atoms in total. The Morgan fingerprint density at radius 2 is 1.92 bits per heavy atom. The Bertz CT molecular complexity index is 265. The average Bonchev–Trinajstić information content (AvgIpc) is 2.17. The van der Waals surface area contributed by atoms with Crippen LogP contribution in [-0.2, 0) is 0 Å². The molecule has 0 aliphatic heterocycles. The molecule has 0 radical (unpaired) electrons. The van der Waals surface area contributed by atoms with Gasteiger partial charge in [0.2, 0.25) is 0 Å². The highest BCUT2D eigenvalue weighted by Crippen LogP contribution is 2.18. The number of aliphatic hydroxyl groups is 1. The lowest BCUT2D eigenvalue weighted by atomic mass is 10.0. The Kier molecular flexibility index (Phi) is 3.84. The van der Waals surface area contributed by atoms with Gasteiger partial charge in [-0.15, -0.1) is 0 Å². The van der Waals surface area contributed by atoms with Crippen LogP contribution in [-0.4, -0.2) is 17.8 Å². The van der Waals surface area contributed by atoms with E-state index in [-0.39, 0.29) is 0 Å². The van der Waals surface area contributed by atoms with E-state index < -0.39 is 18.8 Å². The molecule has 2 atom stereocenters. The summed E-state index contributed by atoms with van der Waals surface area (Å²) in [6.07, 6.45) is -0.932. The molecule has 13 heavy (non-hydrogen) atoms. The molecule has 0 fully saturated rings. The maximum absolute atomic E-state index is 12.1. The lowest BCUT2D eigenvalue weighted by Crippen LogP contribution is -2.30. The van der Waals surface area contributed by atoms with Crippen LogP contribution in [0.3, 0.4) is 0 Å². The summed E-state index contributed by atoms with van der Waals surface area (Å²) in [4.78, 5) is 0. The third kappa shape index (κ3) is 2.76. The fraction of sp³-hybridized carbons (Fsp3) is 0.333. The molecule has 0 bridgehead atoms. The second-order valence-corrected chi connectivity index (χ2v) is 3.73. The van der Waals surface area contributed by atoms with Crippen LogP contribution in [0.5, 0.6) is 0 Å². The number of hydrogen-bond donors (Lipinski definition) is 2. The van der Waals surface area contributed by atoms with Crippen molar-refractivity contribution in [2.75, 3.05) is 6.67 Å². The topological polar surface area (TPSA) is 46.2 Å². The zero-order chi connectivity index (χ0) is 9.84. The summed E-state index contributed by atoms with van der Waals surface area (Å²) in [7, 11) is 0. The van der Waals surface area contributed by atoms with Gasteiger partial charge in [-0.1, -0.05) is 28.1 Å². The summed E-state index contributed by atoms with van der Waals surface area (Å²) in [6.45, 7) is -0.725. The van der Waals surface area contributed by atoms with E-state index >= 15 is 0 Å². The van der Waals surface area contributed by atoms with Gasteiger partial charge in [0.25, 0.3) is 0 Å². The van der Waals surface area contributed by atoms with Gasteiger partial charge in [-0.3, -0.25) is 0 Å². The van der Waals surface area contributed by atoms with Crippen LogP contribution < -0.4 is 5.73 Å². The van der Waals surface area contributed by atoms with Gasteiger partial charge < -0.3 is 10.8 Å². The Morgan fingerprint density at radius 1 is 1.38 bits per heavy atom. The van der Waals surface area contributed by atoms with Crippen molar-refractivity contribution in [2.45, 2.75) is 12.1 Å². The van der Waals surface area contributed by atoms with E-state index in [1.54, 1.807) is 24.3 Å². The first-order chi connectivity index (χ1) is 6.15. The summed E-state index contributed by atoms with van der Waals surface area (Å²) in [5.74, 6) is 0. The smallest absolute Gasteiger partial charge is 0.107 e. The Morgan fingerprint density at radius 3 is 2.38 bits per heavy atom. The number of halogens is 2. The highest BCUT2D eigenvalue weighted by molar-refractivity contribution is 9.10. The largest absolute Gasteiger partial charge is 0.387 e. The van der Waals surface area contributed by atoms with Crippen molar-refractivity contribution in [3.05, 3.63) is 34.3 Å². The number of alkyl halides is 1. The average molecular weight is 248 g/mol. The Hall–Kier alpha value is -0.450. The highest BCUT2D eigenvalue weighted by Gasteiger charge is 2.15. The standard InChI is InChI=1S/C9H11BrFNO/c10-7-3-1-6(2-4-7)9(13)8(12)5-11/h1-4,8-9,13H,5,12H2/t8-,9-/m1/s1. The van der Waals surface area contributed by atoms with E-state index in [0.717, 1.165) is 4.47 Å². The Balaban J connectivity index is 2.77. The van der Waals surface area contributed by atoms with Crippen molar-refractivity contribution in [3.63, 3.8) is 0 Å². The highest BCUT2D eigenvalue weighted by atomic mass is 79.9. The normalized spacial score (nSPS) is 15.4. The van der Waals surface area contributed by atoms with E-state index in [2.05, 4.69) is 15.9 Å². The molecule has 0 heterocycles. The zero-order valence-corrected chi connectivity index (χ0v) is 8.54. The van der Waals surface area contributed by atoms with Crippen LogP contribution in [0.15, 0.2) is 28.7 Å². The maximum atomic E-state index is 12.1. The third-order valence-electron chi connectivity index (χ3n) is 1.80. The van der Waals surface area contributed by atoms with Gasteiger partial charge in [0, 0.05) is 4.47 Å². The van der Waals surface area contributed by atoms with Gasteiger partial charge in [0.15, 0.2) is 0 Å². The first-order valence-electron chi connectivity index (χ1n) is 3.90. The summed E-state index contributed by atoms with van der Waals surface area (Å²) in [5, 5.41) is 9.50. The molecule has 3 N–H and O–H groups in total. The summed E-state index contributed by atoms with van der Waals surface area (Å²) >= 11 is 3.26. The second kappa shape index (κ2) is 4.69. The van der Waals surface area contributed by atoms with Crippen molar-refractivity contribution in [3.8, 4) is 0 Å². The fourth-order valence-corrected chi connectivity index (χ4v) is 1.26. The fourth-order valence-electron chi connectivity index (χ4n) is 0.992. The Labute approximate surface area is 84.7 Å². The minimum absolute atomic E-state index is 0.633. The molecular weight excluding hydrogens is 237 g/mol. The van der Waals surface area contributed by atoms with Crippen molar-refractivity contribution >= 4 is 15.9 Å². The number of nitrogens with two attached hydrogens (primary N) is 1. The van der Waals surface area contributed by atoms with Gasteiger partial charge in [-0.05, 0) is 17.7 Å². The molecular formula is C9H11BrFNO. The molecule has 0 spiro atoms. The zero-order valence-electron chi connectivity index (χ0n) is 6.95. The number of rotatable bonds is 3. The SMILES string of the molecule is N[C@H](CF)[C@H](O)c1ccc(Br)cc1. The molecule has 4 heteroatoms. The lowest BCUT2D eigenvalue weighted by molar-refractivity contribution is 0.132. The quantitative estimate of drug-likeness (QED) is 0.856. The van der Waals surface area contributed by atoms with Crippen LogP contribution >= 0.6 is 15.9 Å². The van der Waals surface area contributed by atoms with E-state index in [0.29, 0.717) is 5.56 Å². The molecule has 1 aromatic rings. The molecule has 1 rings (SSSR count). The second-order valence-electron chi connectivity index (χ2n) is 2.81. The van der Waals surface area contributed by atoms with Crippen LogP contribution in [0.25, 0.3) is 0 Å². The van der Waals surface area contributed by atoms with E-state index in [1.165, 1.54) is 0 Å². The first-order valence-corrected chi connectivity index (χ1v) is 4.69. The van der Waals surface area contributed by atoms with E-state index in [9.17, 15) is 9.50 Å². The molecule has 0 amide bonds. The minimum Gasteiger partial charge on any atom is -0.387 e. The van der Waals surface area contributed by atoms with Crippen molar-refractivity contribution in [1.29, 1.82) is 0 Å². The predicted molar refractivity (Wildman–Crippen MR) is 53.1 cm³/mol. The number of benzene rings is 1. The molecule has 1 aromatic carbocycles. The first kappa shape index (κ1) is 10.6. The van der Waals surface area contributed by atoms with Gasteiger partial charge in [0.05, 0.1) is 12.1 Å². The molecule has 0 aromatic heterocycles. The molecule has 0 unspecified atom stereocenters. The molecule has 0 saturated carbocycles. The van der Waals surface area contributed by atoms with Crippen molar-refractivity contribution in [1.82, 2.24) is 0 Å². The maximum Gasteiger partial charge on any atom is 0.107 e. The van der Waals surface area contributed by atoms with Crippen LogP contribution in [0, 0.1) is 0 Å². The summed E-state index contributed by atoms with van der Waals surface area (Å²) in [5.41, 5.74) is 5.98. The third-order valence-corrected chi connectivity index (χ3v) is 2.32. The van der Waals surface area contributed by atoms with Crippen LogP contribution in [0.1, 0.15) is 11.7 Å². The lowest BCUT2D eigenvalue weighted by Gasteiger charge is -2.15. The van der Waals surface area contributed by atoms with E-state index in [1.807, 2.05) is 0 Å². The van der Waals surface area contributed by atoms with Gasteiger partial charge >= 0.3 is 0 Å². The summed E-state index contributed by atoms with van der Waals surface area (Å²) < 4.78 is 13.0. The molecule has 0 saturated heterocycles. The molecule has 0 aliphatic carbocycles. The van der Waals surface area contributed by atoms with Crippen molar-refractivity contribution in [2.24, 2.45) is 5.73 Å². The van der Waals surface area contributed by atoms with Gasteiger partial charge in [0.1, 0.15) is 6.67 Å². The van der Waals surface area contributed by atoms with Gasteiger partial charge in [-0.25, -0.2) is 4.39 Å². The summed E-state index contributed by atoms with van der Waals surface area (Å²) in [6, 6.07) is 6.14. The van der Waals surface area contributed by atoms with Crippen molar-refractivity contribution < 1.29 is 9.50 Å². The monoisotopic (exact) mass is 247 g/mol. The van der Waals surface area contributed by atoms with Gasteiger partial charge in [-0.2, -0.15) is 0 Å². The number of hydrogen-bond acceptors (Lipinski definition) is 2. The number of aliphatic hydroxyl groups excluding tert-OH is 1. The molecule has 0 aliphatic rings. The predicted octanol–water partition coefficient (Wildman–Crippen LogP) is 1.78. The van der Waals surface area contributed by atoms with E-state index in [4.69, 9.17) is 5.73 Å².